The van der Waals surface area contributed by atoms with Gasteiger partial charge in [0.1, 0.15) is 5.76 Å². The molecule has 0 aliphatic rings. The fourth-order valence-corrected chi connectivity index (χ4v) is 1.70. The zero-order valence-corrected chi connectivity index (χ0v) is 12.5. The van der Waals surface area contributed by atoms with E-state index in [0.29, 0.717) is 26.4 Å². The van der Waals surface area contributed by atoms with Gasteiger partial charge in [-0.05, 0) is 25.5 Å². The first-order valence-corrected chi connectivity index (χ1v) is 7.34. The molecular weight excluding hydrogens is 258 g/mol. The van der Waals surface area contributed by atoms with Gasteiger partial charge in [-0.15, -0.1) is 0 Å². The second kappa shape index (κ2) is 10.9. The molecule has 0 bridgehead atoms. The predicted molar refractivity (Wildman–Crippen MR) is 77.7 cm³/mol. The summed E-state index contributed by atoms with van der Waals surface area (Å²) in [7, 11) is 0. The normalized spacial score (nSPS) is 14.3. The molecule has 1 aromatic rings. The van der Waals surface area contributed by atoms with E-state index in [0.717, 1.165) is 25.2 Å². The lowest BCUT2D eigenvalue weighted by molar-refractivity contribution is 0.00317. The molecule has 0 fully saturated rings. The molecule has 0 radical (unpaired) electrons. The highest BCUT2D eigenvalue weighted by molar-refractivity contribution is 5.02. The molecule has 1 heterocycles. The minimum atomic E-state index is -0.525. The van der Waals surface area contributed by atoms with Gasteiger partial charge in [0, 0.05) is 13.2 Å². The van der Waals surface area contributed by atoms with Crippen LogP contribution in [0.15, 0.2) is 22.8 Å². The fourth-order valence-electron chi connectivity index (χ4n) is 1.70. The van der Waals surface area contributed by atoms with Crippen molar-refractivity contribution in [2.75, 3.05) is 33.0 Å². The van der Waals surface area contributed by atoms with Gasteiger partial charge in [-0.1, -0.05) is 13.3 Å². The van der Waals surface area contributed by atoms with Crippen molar-refractivity contribution in [3.8, 4) is 0 Å². The van der Waals surface area contributed by atoms with E-state index in [2.05, 4.69) is 12.2 Å². The Hall–Kier alpha value is -0.880. The van der Waals surface area contributed by atoms with Gasteiger partial charge in [-0.2, -0.15) is 0 Å². The summed E-state index contributed by atoms with van der Waals surface area (Å²) < 4.78 is 16.0. The smallest absolute Gasteiger partial charge is 0.120 e. The standard InChI is InChI=1S/C15H27NO4/c1-3-4-7-18-9-10-19-12-14(17)11-16-13(2)15-6-5-8-20-15/h5-6,8,13-14,16-17H,3-4,7,9-12H2,1-2H3/t13-,14?/m0/s1. The van der Waals surface area contributed by atoms with Crippen LogP contribution in [0.5, 0.6) is 0 Å². The third-order valence-electron chi connectivity index (χ3n) is 2.95. The predicted octanol–water partition coefficient (Wildman–Crippen LogP) is 2.12. The average Bonchev–Trinajstić information content (AvgIpc) is 2.98. The maximum atomic E-state index is 9.78. The lowest BCUT2D eigenvalue weighted by Gasteiger charge is -2.15. The van der Waals surface area contributed by atoms with Crippen LogP contribution in [-0.2, 0) is 9.47 Å². The summed E-state index contributed by atoms with van der Waals surface area (Å²) in [6, 6.07) is 3.84. The summed E-state index contributed by atoms with van der Waals surface area (Å²) in [5.74, 6) is 0.863. The zero-order valence-electron chi connectivity index (χ0n) is 12.5. The number of furan rings is 1. The second-order valence-electron chi connectivity index (χ2n) is 4.84. The van der Waals surface area contributed by atoms with Gasteiger partial charge >= 0.3 is 0 Å². The first-order chi connectivity index (χ1) is 9.74. The van der Waals surface area contributed by atoms with Crippen LogP contribution in [0, 0.1) is 0 Å². The maximum absolute atomic E-state index is 9.78. The minimum Gasteiger partial charge on any atom is -0.468 e. The van der Waals surface area contributed by atoms with Crippen molar-refractivity contribution in [3.63, 3.8) is 0 Å². The molecule has 5 heteroatoms. The van der Waals surface area contributed by atoms with E-state index in [9.17, 15) is 5.11 Å². The molecule has 0 aliphatic heterocycles. The number of hydrogen-bond donors (Lipinski definition) is 2. The Labute approximate surface area is 121 Å². The number of unbranched alkanes of at least 4 members (excludes halogenated alkanes) is 1. The van der Waals surface area contributed by atoms with Gasteiger partial charge in [0.15, 0.2) is 0 Å². The quantitative estimate of drug-likeness (QED) is 0.576. The van der Waals surface area contributed by atoms with Crippen molar-refractivity contribution in [2.45, 2.75) is 38.8 Å². The van der Waals surface area contributed by atoms with Crippen molar-refractivity contribution < 1.29 is 19.0 Å². The third-order valence-corrected chi connectivity index (χ3v) is 2.95. The van der Waals surface area contributed by atoms with Crippen LogP contribution in [0.2, 0.25) is 0 Å². The Morgan fingerprint density at radius 2 is 2.10 bits per heavy atom. The van der Waals surface area contributed by atoms with Gasteiger partial charge in [0.05, 0.1) is 38.2 Å². The average molecular weight is 285 g/mol. The van der Waals surface area contributed by atoms with Crippen molar-refractivity contribution >= 4 is 0 Å². The summed E-state index contributed by atoms with van der Waals surface area (Å²) in [5, 5.41) is 13.0. The molecule has 0 saturated heterocycles. The van der Waals surface area contributed by atoms with Crippen LogP contribution in [0.1, 0.15) is 38.5 Å². The summed E-state index contributed by atoms with van der Waals surface area (Å²) >= 11 is 0. The van der Waals surface area contributed by atoms with Crippen LogP contribution in [0.4, 0.5) is 0 Å². The highest BCUT2D eigenvalue weighted by atomic mass is 16.5. The van der Waals surface area contributed by atoms with E-state index >= 15 is 0 Å². The van der Waals surface area contributed by atoms with E-state index in [-0.39, 0.29) is 6.04 Å². The number of nitrogens with one attached hydrogen (secondary N) is 1. The lowest BCUT2D eigenvalue weighted by atomic mass is 10.2. The summed E-state index contributed by atoms with van der Waals surface area (Å²) in [5.41, 5.74) is 0. The van der Waals surface area contributed by atoms with Gasteiger partial charge in [-0.25, -0.2) is 0 Å². The van der Waals surface area contributed by atoms with Gasteiger partial charge in [-0.3, -0.25) is 0 Å². The van der Waals surface area contributed by atoms with E-state index < -0.39 is 6.10 Å². The number of aliphatic hydroxyl groups is 1. The van der Waals surface area contributed by atoms with E-state index in [1.54, 1.807) is 6.26 Å². The van der Waals surface area contributed by atoms with E-state index in [1.165, 1.54) is 0 Å². The van der Waals surface area contributed by atoms with E-state index in [1.807, 2.05) is 19.1 Å². The van der Waals surface area contributed by atoms with Gasteiger partial charge in [0.25, 0.3) is 0 Å². The SMILES string of the molecule is CCCCOCCOCC(O)CN[C@@H](C)c1ccco1. The molecule has 1 aromatic heterocycles. The first kappa shape index (κ1) is 17.2. The monoisotopic (exact) mass is 285 g/mol. The Morgan fingerprint density at radius 1 is 1.30 bits per heavy atom. The molecular formula is C15H27NO4. The lowest BCUT2D eigenvalue weighted by Crippen LogP contribution is -2.32. The molecule has 0 aromatic carbocycles. The number of ether oxygens (including phenoxy) is 2. The number of aliphatic hydroxyl groups excluding tert-OH is 1. The van der Waals surface area contributed by atoms with Crippen LogP contribution in [-0.4, -0.2) is 44.2 Å². The molecule has 2 N–H and O–H groups in total. The van der Waals surface area contributed by atoms with Gasteiger partial charge in [0.2, 0.25) is 0 Å². The third kappa shape index (κ3) is 7.65. The molecule has 0 amide bonds. The second-order valence-corrected chi connectivity index (χ2v) is 4.84. The Bertz CT molecular complexity index is 316. The highest BCUT2D eigenvalue weighted by Crippen LogP contribution is 2.11. The van der Waals surface area contributed by atoms with Crippen molar-refractivity contribution in [1.29, 1.82) is 0 Å². The maximum Gasteiger partial charge on any atom is 0.120 e. The highest BCUT2D eigenvalue weighted by Gasteiger charge is 2.10. The summed E-state index contributed by atoms with van der Waals surface area (Å²) in [6.45, 7) is 6.80. The molecule has 0 saturated carbocycles. The Morgan fingerprint density at radius 3 is 2.80 bits per heavy atom. The topological polar surface area (TPSA) is 63.9 Å². The first-order valence-electron chi connectivity index (χ1n) is 7.34. The fraction of sp³-hybridized carbons (Fsp3) is 0.733. The molecule has 5 nitrogen and oxygen atoms in total. The van der Waals surface area contributed by atoms with Crippen LogP contribution >= 0.6 is 0 Å². The number of hydrogen-bond acceptors (Lipinski definition) is 5. The molecule has 2 atom stereocenters. The zero-order chi connectivity index (χ0) is 14.6. The van der Waals surface area contributed by atoms with Crippen LogP contribution in [0.25, 0.3) is 0 Å². The number of rotatable bonds is 12. The van der Waals surface area contributed by atoms with E-state index in [4.69, 9.17) is 13.9 Å². The summed E-state index contributed by atoms with van der Waals surface area (Å²) in [4.78, 5) is 0. The van der Waals surface area contributed by atoms with Crippen LogP contribution in [0.3, 0.4) is 0 Å². The molecule has 20 heavy (non-hydrogen) atoms. The molecule has 0 spiro atoms. The minimum absolute atomic E-state index is 0.0806. The van der Waals surface area contributed by atoms with Crippen LogP contribution < -0.4 is 5.32 Å². The molecule has 1 rings (SSSR count). The van der Waals surface area contributed by atoms with Crippen molar-refractivity contribution in [1.82, 2.24) is 5.32 Å². The molecule has 116 valence electrons. The molecule has 1 unspecified atom stereocenters. The largest absolute Gasteiger partial charge is 0.468 e. The Balaban J connectivity index is 1.96. The van der Waals surface area contributed by atoms with Gasteiger partial charge < -0.3 is 24.3 Å². The van der Waals surface area contributed by atoms with Crippen molar-refractivity contribution in [2.24, 2.45) is 0 Å². The van der Waals surface area contributed by atoms with Crippen molar-refractivity contribution in [3.05, 3.63) is 24.2 Å². The molecule has 0 aliphatic carbocycles. The summed E-state index contributed by atoms with van der Waals surface area (Å²) in [6.07, 6.45) is 3.34. The Kier molecular flexibility index (Phi) is 9.32.